The van der Waals surface area contributed by atoms with Crippen LogP contribution in [0.15, 0.2) is 35.3 Å². The van der Waals surface area contributed by atoms with Gasteiger partial charge in [-0.15, -0.1) is 0 Å². The normalized spacial score (nSPS) is 22.3. The van der Waals surface area contributed by atoms with Crippen molar-refractivity contribution in [3.8, 4) is 0 Å². The Balaban J connectivity index is 1.28. The Hall–Kier alpha value is -2.41. The highest BCUT2D eigenvalue weighted by Gasteiger charge is 2.26. The number of aromatic nitrogens is 3. The lowest BCUT2D eigenvalue weighted by Gasteiger charge is -2.28. The lowest BCUT2D eigenvalue weighted by Crippen LogP contribution is -2.49. The van der Waals surface area contributed by atoms with Crippen LogP contribution in [0.1, 0.15) is 56.2 Å². The molecule has 2 unspecified atom stereocenters. The molecule has 1 aromatic heterocycles. The summed E-state index contributed by atoms with van der Waals surface area (Å²) in [5.41, 5.74) is 1.39. The van der Waals surface area contributed by atoms with Gasteiger partial charge in [-0.05, 0) is 31.4 Å². The van der Waals surface area contributed by atoms with Crippen LogP contribution in [0.3, 0.4) is 0 Å². The summed E-state index contributed by atoms with van der Waals surface area (Å²) in [6.45, 7) is 8.25. The van der Waals surface area contributed by atoms with Crippen molar-refractivity contribution >= 4 is 5.96 Å². The van der Waals surface area contributed by atoms with Gasteiger partial charge < -0.3 is 10.6 Å². The van der Waals surface area contributed by atoms with E-state index < -0.39 is 0 Å². The van der Waals surface area contributed by atoms with Gasteiger partial charge in [0.1, 0.15) is 5.82 Å². The molecule has 0 bridgehead atoms. The smallest absolute Gasteiger partial charge is 0.191 e. The topological polar surface area (TPSA) is 70.4 Å². The number of hydrogen-bond acceptors (Lipinski definition) is 4. The van der Waals surface area contributed by atoms with Crippen molar-refractivity contribution in [2.45, 2.75) is 70.6 Å². The number of benzene rings is 1. The van der Waals surface area contributed by atoms with Crippen molar-refractivity contribution in [3.63, 3.8) is 0 Å². The maximum absolute atomic E-state index is 4.69. The molecule has 7 nitrogen and oxygen atoms in total. The maximum Gasteiger partial charge on any atom is 0.191 e. The number of aryl methyl sites for hydroxylation is 1. The molecule has 1 fully saturated rings. The predicted molar refractivity (Wildman–Crippen MR) is 121 cm³/mol. The summed E-state index contributed by atoms with van der Waals surface area (Å²) >= 11 is 0. The molecule has 0 radical (unpaired) electrons. The molecule has 2 aromatic rings. The monoisotopic (exact) mass is 409 g/mol. The first-order valence-corrected chi connectivity index (χ1v) is 11.3. The van der Waals surface area contributed by atoms with Gasteiger partial charge in [-0.2, -0.15) is 5.10 Å². The molecule has 2 aliphatic heterocycles. The molecule has 2 aliphatic rings. The largest absolute Gasteiger partial charge is 0.355 e. The van der Waals surface area contributed by atoms with Crippen molar-refractivity contribution in [2.75, 3.05) is 20.1 Å². The van der Waals surface area contributed by atoms with E-state index in [1.807, 2.05) is 7.05 Å². The van der Waals surface area contributed by atoms with Gasteiger partial charge in [-0.25, -0.2) is 9.67 Å². The second kappa shape index (κ2) is 9.60. The van der Waals surface area contributed by atoms with Gasteiger partial charge in [-0.1, -0.05) is 44.2 Å². The zero-order valence-corrected chi connectivity index (χ0v) is 18.5. The van der Waals surface area contributed by atoms with Crippen LogP contribution in [0, 0.1) is 0 Å². The lowest BCUT2D eigenvalue weighted by molar-refractivity contribution is 0.245. The Morgan fingerprint density at radius 1 is 1.23 bits per heavy atom. The van der Waals surface area contributed by atoms with Crippen LogP contribution >= 0.6 is 0 Å². The summed E-state index contributed by atoms with van der Waals surface area (Å²) in [6.07, 6.45) is 4.52. The van der Waals surface area contributed by atoms with Gasteiger partial charge in [-0.3, -0.25) is 9.89 Å². The first-order valence-electron chi connectivity index (χ1n) is 11.3. The number of nitrogens with zero attached hydrogens (tertiary/aromatic N) is 5. The van der Waals surface area contributed by atoms with Crippen LogP contribution < -0.4 is 10.6 Å². The Morgan fingerprint density at radius 3 is 2.83 bits per heavy atom. The number of aliphatic imine (C=N–C) groups is 1. The van der Waals surface area contributed by atoms with E-state index in [2.05, 4.69) is 74.4 Å². The van der Waals surface area contributed by atoms with Crippen LogP contribution in [0.4, 0.5) is 0 Å². The van der Waals surface area contributed by atoms with E-state index in [9.17, 15) is 0 Å². The van der Waals surface area contributed by atoms with Crippen molar-refractivity contribution < 1.29 is 0 Å². The Morgan fingerprint density at radius 2 is 2.07 bits per heavy atom. The molecule has 0 amide bonds. The van der Waals surface area contributed by atoms with E-state index in [1.54, 1.807) is 0 Å². The molecule has 162 valence electrons. The third kappa shape index (κ3) is 5.01. The molecular weight excluding hydrogens is 374 g/mol. The Labute approximate surface area is 180 Å². The van der Waals surface area contributed by atoms with Gasteiger partial charge in [0, 0.05) is 44.6 Å². The van der Waals surface area contributed by atoms with E-state index in [0.29, 0.717) is 18.0 Å². The van der Waals surface area contributed by atoms with Crippen LogP contribution in [0.25, 0.3) is 0 Å². The highest BCUT2D eigenvalue weighted by molar-refractivity contribution is 5.80. The molecule has 0 aliphatic carbocycles. The average Bonchev–Trinajstić information content (AvgIpc) is 3.38. The summed E-state index contributed by atoms with van der Waals surface area (Å²) in [4.78, 5) is 11.7. The summed E-state index contributed by atoms with van der Waals surface area (Å²) in [5, 5.41) is 11.9. The standard InChI is InChI=1S/C23H35N7/c1-17(2)22-27-21-12-11-19(16-30(21)28-22)26-23(24-3)25-14-20-10-7-13-29(20)15-18-8-5-4-6-9-18/h4-6,8-9,17,19-20H,7,10-16H2,1-3H3,(H2,24,25,26). The van der Waals surface area contributed by atoms with Crippen molar-refractivity contribution in [3.05, 3.63) is 47.5 Å². The lowest BCUT2D eigenvalue weighted by atomic mass is 10.1. The Bertz CT molecular complexity index is 842. The number of fused-ring (bicyclic) bond motifs is 1. The van der Waals surface area contributed by atoms with Crippen LogP contribution in [-0.4, -0.2) is 57.8 Å². The van der Waals surface area contributed by atoms with Gasteiger partial charge in [0.15, 0.2) is 11.8 Å². The molecule has 1 aromatic carbocycles. The van der Waals surface area contributed by atoms with Gasteiger partial charge in [0.2, 0.25) is 0 Å². The molecule has 7 heteroatoms. The molecule has 0 saturated carbocycles. The summed E-state index contributed by atoms with van der Waals surface area (Å²) in [7, 11) is 1.85. The highest BCUT2D eigenvalue weighted by atomic mass is 15.4. The molecule has 30 heavy (non-hydrogen) atoms. The molecule has 1 saturated heterocycles. The summed E-state index contributed by atoms with van der Waals surface area (Å²) in [6, 6.07) is 11.6. The third-order valence-corrected chi connectivity index (χ3v) is 6.19. The van der Waals surface area contributed by atoms with Crippen molar-refractivity contribution in [1.29, 1.82) is 0 Å². The fourth-order valence-electron chi connectivity index (χ4n) is 4.45. The summed E-state index contributed by atoms with van der Waals surface area (Å²) < 4.78 is 2.07. The Kier molecular flexibility index (Phi) is 6.67. The van der Waals surface area contributed by atoms with Crippen molar-refractivity contribution in [2.24, 2.45) is 4.99 Å². The number of rotatable bonds is 6. The molecule has 2 N–H and O–H groups in total. The van der Waals surface area contributed by atoms with E-state index >= 15 is 0 Å². The number of likely N-dealkylation sites (tertiary alicyclic amines) is 1. The fraction of sp³-hybridized carbons (Fsp3) is 0.609. The molecule has 2 atom stereocenters. The second-order valence-electron chi connectivity index (χ2n) is 8.81. The molecule has 4 rings (SSSR count). The fourth-order valence-corrected chi connectivity index (χ4v) is 4.45. The third-order valence-electron chi connectivity index (χ3n) is 6.19. The van der Waals surface area contributed by atoms with Crippen LogP contribution in [-0.2, 0) is 19.5 Å². The predicted octanol–water partition coefficient (Wildman–Crippen LogP) is 2.55. The maximum atomic E-state index is 4.69. The van der Waals surface area contributed by atoms with Gasteiger partial charge in [0.25, 0.3) is 0 Å². The zero-order chi connectivity index (χ0) is 20.9. The first-order chi connectivity index (χ1) is 14.6. The average molecular weight is 410 g/mol. The summed E-state index contributed by atoms with van der Waals surface area (Å²) in [5.74, 6) is 3.32. The van der Waals surface area contributed by atoms with E-state index in [-0.39, 0.29) is 0 Å². The number of hydrogen-bond donors (Lipinski definition) is 2. The highest BCUT2D eigenvalue weighted by Crippen LogP contribution is 2.20. The quantitative estimate of drug-likeness (QED) is 0.567. The van der Waals surface area contributed by atoms with Crippen molar-refractivity contribution in [1.82, 2.24) is 30.3 Å². The van der Waals surface area contributed by atoms with E-state index in [0.717, 1.165) is 50.1 Å². The second-order valence-corrected chi connectivity index (χ2v) is 8.81. The minimum Gasteiger partial charge on any atom is -0.355 e. The molecule has 3 heterocycles. The van der Waals surface area contributed by atoms with Gasteiger partial charge in [0.05, 0.1) is 6.54 Å². The number of nitrogens with one attached hydrogen (secondary N) is 2. The molecule has 0 spiro atoms. The number of guanidine groups is 1. The SMILES string of the molecule is CN=C(NCC1CCCN1Cc1ccccc1)NC1CCc2nc(C(C)C)nn2C1. The molecular formula is C23H35N7. The first kappa shape index (κ1) is 20.8. The van der Waals surface area contributed by atoms with E-state index in [1.165, 1.54) is 24.9 Å². The minimum absolute atomic E-state index is 0.328. The van der Waals surface area contributed by atoms with Gasteiger partial charge >= 0.3 is 0 Å². The van der Waals surface area contributed by atoms with E-state index in [4.69, 9.17) is 5.10 Å². The zero-order valence-electron chi connectivity index (χ0n) is 18.5. The minimum atomic E-state index is 0.328. The van der Waals surface area contributed by atoms with Crippen LogP contribution in [0.5, 0.6) is 0 Å². The van der Waals surface area contributed by atoms with Crippen LogP contribution in [0.2, 0.25) is 0 Å².